The van der Waals surface area contributed by atoms with E-state index in [1.807, 2.05) is 11.8 Å². The molecule has 1 aliphatic heterocycles. The van der Waals surface area contributed by atoms with Crippen LogP contribution in [0.15, 0.2) is 5.38 Å². The van der Waals surface area contributed by atoms with Crippen molar-refractivity contribution in [1.82, 2.24) is 9.88 Å². The van der Waals surface area contributed by atoms with E-state index in [0.717, 1.165) is 36.6 Å². The fourth-order valence-electron chi connectivity index (χ4n) is 1.70. The molecule has 1 fully saturated rings. The summed E-state index contributed by atoms with van der Waals surface area (Å²) >= 11 is 5.03. The summed E-state index contributed by atoms with van der Waals surface area (Å²) in [6, 6.07) is 0. The topological polar surface area (TPSA) is 33.2 Å². The summed E-state index contributed by atoms with van der Waals surface area (Å²) in [5, 5.41) is 3.16. The summed E-state index contributed by atoms with van der Waals surface area (Å²) in [5.41, 5.74) is 1.10. The number of nitrogens with zero attached hydrogens (tertiary/aromatic N) is 2. The van der Waals surface area contributed by atoms with Crippen molar-refractivity contribution in [3.8, 4) is 0 Å². The van der Waals surface area contributed by atoms with Crippen molar-refractivity contribution in [2.24, 2.45) is 0 Å². The molecule has 1 aromatic heterocycles. The molecule has 0 aliphatic carbocycles. The van der Waals surface area contributed by atoms with Crippen LogP contribution in [0.2, 0.25) is 0 Å². The molecule has 1 saturated heterocycles. The summed E-state index contributed by atoms with van der Waals surface area (Å²) in [4.78, 5) is 17.9. The lowest BCUT2D eigenvalue weighted by atomic mass is 10.3. The van der Waals surface area contributed by atoms with Crippen LogP contribution in [0.4, 0.5) is 0 Å². The number of likely N-dealkylation sites (tertiary alicyclic amines) is 1. The van der Waals surface area contributed by atoms with Crippen molar-refractivity contribution >= 4 is 33.2 Å². The first-order valence-corrected chi connectivity index (χ1v) is 6.80. The lowest BCUT2D eigenvalue weighted by Crippen LogP contribution is -2.29. The maximum atomic E-state index is 11.6. The van der Waals surface area contributed by atoms with E-state index in [-0.39, 0.29) is 10.7 Å². The Morgan fingerprint density at radius 3 is 3.07 bits per heavy atom. The van der Waals surface area contributed by atoms with Crippen molar-refractivity contribution < 1.29 is 4.79 Å². The van der Waals surface area contributed by atoms with E-state index in [0.29, 0.717) is 0 Å². The summed E-state index contributed by atoms with van der Waals surface area (Å²) in [7, 11) is 0. The number of aryl methyl sites for hydroxylation is 1. The van der Waals surface area contributed by atoms with Crippen LogP contribution in [0.3, 0.4) is 0 Å². The second-order valence-corrected chi connectivity index (χ2v) is 5.86. The fraction of sp³-hybridized carbons (Fsp3) is 0.600. The highest BCUT2D eigenvalue weighted by atomic mass is 79.9. The van der Waals surface area contributed by atoms with Gasteiger partial charge in [-0.1, -0.05) is 15.9 Å². The highest BCUT2D eigenvalue weighted by Gasteiger charge is 2.28. The van der Waals surface area contributed by atoms with E-state index < -0.39 is 0 Å². The van der Waals surface area contributed by atoms with E-state index in [4.69, 9.17) is 0 Å². The van der Waals surface area contributed by atoms with Crippen molar-refractivity contribution in [3.05, 3.63) is 16.1 Å². The Morgan fingerprint density at radius 1 is 1.73 bits per heavy atom. The van der Waals surface area contributed by atoms with Crippen LogP contribution >= 0.6 is 27.3 Å². The van der Waals surface area contributed by atoms with E-state index in [1.165, 1.54) is 0 Å². The molecule has 0 radical (unpaired) electrons. The summed E-state index contributed by atoms with van der Waals surface area (Å²) in [6.45, 7) is 3.67. The molecular formula is C10H13BrN2OS. The Labute approximate surface area is 102 Å². The molecule has 0 spiro atoms. The molecule has 15 heavy (non-hydrogen) atoms. The van der Waals surface area contributed by atoms with Crippen LogP contribution in [0.25, 0.3) is 0 Å². The quantitative estimate of drug-likeness (QED) is 0.797. The number of thiazole rings is 1. The van der Waals surface area contributed by atoms with Crippen molar-refractivity contribution in [2.75, 3.05) is 13.1 Å². The third kappa shape index (κ3) is 2.58. The SMILES string of the molecule is Cc1nc(CCN2CCC(Br)C2=O)cs1. The third-order valence-corrected chi connectivity index (χ3v) is 4.21. The molecule has 0 N–H and O–H groups in total. The van der Waals surface area contributed by atoms with Gasteiger partial charge in [-0.25, -0.2) is 4.98 Å². The zero-order valence-corrected chi connectivity index (χ0v) is 11.0. The minimum absolute atomic E-state index is 0.0367. The normalized spacial score (nSPS) is 21.3. The van der Waals surface area contributed by atoms with Crippen molar-refractivity contribution in [2.45, 2.75) is 24.6 Å². The van der Waals surface area contributed by atoms with E-state index >= 15 is 0 Å². The number of carbonyl (C=O) groups excluding carboxylic acids is 1. The van der Waals surface area contributed by atoms with E-state index in [9.17, 15) is 4.79 Å². The molecule has 0 saturated carbocycles. The highest BCUT2D eigenvalue weighted by Crippen LogP contribution is 2.18. The predicted molar refractivity (Wildman–Crippen MR) is 64.5 cm³/mol. The number of halogens is 1. The van der Waals surface area contributed by atoms with Gasteiger partial charge in [0.05, 0.1) is 15.5 Å². The first kappa shape index (κ1) is 11.1. The fourth-order valence-corrected chi connectivity index (χ4v) is 2.84. The first-order chi connectivity index (χ1) is 7.16. The Kier molecular flexibility index (Phi) is 3.41. The van der Waals surface area contributed by atoms with Gasteiger partial charge in [-0.15, -0.1) is 11.3 Å². The smallest absolute Gasteiger partial charge is 0.236 e. The lowest BCUT2D eigenvalue weighted by Gasteiger charge is -2.14. The van der Waals surface area contributed by atoms with Crippen LogP contribution in [0, 0.1) is 6.92 Å². The molecule has 1 atom stereocenters. The van der Waals surface area contributed by atoms with Crippen LogP contribution in [0.1, 0.15) is 17.1 Å². The second-order valence-electron chi connectivity index (χ2n) is 3.69. The number of hydrogen-bond acceptors (Lipinski definition) is 3. The monoisotopic (exact) mass is 288 g/mol. The Hall–Kier alpha value is -0.420. The van der Waals surface area contributed by atoms with Gasteiger partial charge in [-0.2, -0.15) is 0 Å². The molecule has 1 aromatic rings. The van der Waals surface area contributed by atoms with E-state index in [1.54, 1.807) is 11.3 Å². The van der Waals surface area contributed by atoms with Gasteiger partial charge in [0, 0.05) is 24.9 Å². The Balaban J connectivity index is 1.86. The maximum absolute atomic E-state index is 11.6. The van der Waals surface area contributed by atoms with Gasteiger partial charge in [0.15, 0.2) is 0 Å². The van der Waals surface area contributed by atoms with Gasteiger partial charge < -0.3 is 4.90 Å². The zero-order chi connectivity index (χ0) is 10.8. The van der Waals surface area contributed by atoms with Gasteiger partial charge in [0.25, 0.3) is 0 Å². The summed E-state index contributed by atoms with van der Waals surface area (Å²) < 4.78 is 0. The van der Waals surface area contributed by atoms with E-state index in [2.05, 4.69) is 26.3 Å². The Morgan fingerprint density at radius 2 is 2.53 bits per heavy atom. The molecule has 0 bridgehead atoms. The Bertz CT molecular complexity index is 366. The number of alkyl halides is 1. The average Bonchev–Trinajstić information content (AvgIpc) is 2.74. The zero-order valence-electron chi connectivity index (χ0n) is 8.57. The van der Waals surface area contributed by atoms with Crippen molar-refractivity contribution in [1.29, 1.82) is 0 Å². The van der Waals surface area contributed by atoms with Gasteiger partial charge in [0.2, 0.25) is 5.91 Å². The lowest BCUT2D eigenvalue weighted by molar-refractivity contribution is -0.127. The van der Waals surface area contributed by atoms with Gasteiger partial charge in [-0.05, 0) is 13.3 Å². The highest BCUT2D eigenvalue weighted by molar-refractivity contribution is 9.10. The summed E-state index contributed by atoms with van der Waals surface area (Å²) in [5.74, 6) is 0.224. The molecule has 0 aromatic carbocycles. The van der Waals surface area contributed by atoms with Crippen LogP contribution in [0.5, 0.6) is 0 Å². The largest absolute Gasteiger partial charge is 0.341 e. The van der Waals surface area contributed by atoms with Gasteiger partial charge in [0.1, 0.15) is 0 Å². The molecule has 2 heterocycles. The van der Waals surface area contributed by atoms with Crippen molar-refractivity contribution in [3.63, 3.8) is 0 Å². The second kappa shape index (κ2) is 4.61. The predicted octanol–water partition coefficient (Wildman–Crippen LogP) is 1.99. The molecular weight excluding hydrogens is 276 g/mol. The minimum atomic E-state index is 0.0367. The van der Waals surface area contributed by atoms with Gasteiger partial charge in [-0.3, -0.25) is 4.79 Å². The van der Waals surface area contributed by atoms with Crippen LogP contribution < -0.4 is 0 Å². The van der Waals surface area contributed by atoms with Gasteiger partial charge >= 0.3 is 0 Å². The minimum Gasteiger partial charge on any atom is -0.341 e. The number of hydrogen-bond donors (Lipinski definition) is 0. The molecule has 2 rings (SSSR count). The number of rotatable bonds is 3. The van der Waals surface area contributed by atoms with Crippen LogP contribution in [-0.4, -0.2) is 33.7 Å². The first-order valence-electron chi connectivity index (χ1n) is 5.00. The molecule has 1 unspecified atom stereocenters. The molecule has 82 valence electrons. The third-order valence-electron chi connectivity index (χ3n) is 2.54. The standard InChI is InChI=1S/C10H13BrN2OS/c1-7-12-8(6-15-7)2-4-13-5-3-9(11)10(13)14/h6,9H,2-5H2,1H3. The molecule has 1 amide bonds. The number of amides is 1. The molecule has 1 aliphatic rings. The maximum Gasteiger partial charge on any atom is 0.236 e. The summed E-state index contributed by atoms with van der Waals surface area (Å²) in [6.07, 6.45) is 1.80. The number of aromatic nitrogens is 1. The van der Waals surface area contributed by atoms with Crippen LogP contribution in [-0.2, 0) is 11.2 Å². The average molecular weight is 289 g/mol. The number of carbonyl (C=O) groups is 1. The molecule has 5 heteroatoms. The molecule has 3 nitrogen and oxygen atoms in total.